The topological polar surface area (TPSA) is 65.5 Å². The fourth-order valence-electron chi connectivity index (χ4n) is 3.35. The average Bonchev–Trinajstić information content (AvgIpc) is 3.10. The van der Waals surface area contributed by atoms with Gasteiger partial charge in [0.15, 0.2) is 5.13 Å². The van der Waals surface area contributed by atoms with Crippen molar-refractivity contribution in [3.05, 3.63) is 47.0 Å². The number of sulfonamides is 1. The Morgan fingerprint density at radius 3 is 2.78 bits per heavy atom. The van der Waals surface area contributed by atoms with E-state index in [4.69, 9.17) is 0 Å². The second kappa shape index (κ2) is 9.14. The van der Waals surface area contributed by atoms with Crippen LogP contribution in [0.3, 0.4) is 0 Å². The largest absolute Gasteiger partial charge is 0.354 e. The number of thiazole rings is 1. The third-order valence-corrected chi connectivity index (χ3v) is 7.17. The lowest BCUT2D eigenvalue weighted by Gasteiger charge is -2.32. The van der Waals surface area contributed by atoms with Crippen molar-refractivity contribution in [1.82, 2.24) is 14.6 Å². The molecule has 1 fully saturated rings. The molecule has 0 spiro atoms. The van der Waals surface area contributed by atoms with E-state index in [2.05, 4.69) is 14.6 Å². The van der Waals surface area contributed by atoms with Gasteiger partial charge in [0.25, 0.3) is 0 Å². The maximum Gasteiger partial charge on any atom is 0.215 e. The van der Waals surface area contributed by atoms with Crippen molar-refractivity contribution >= 4 is 26.5 Å². The van der Waals surface area contributed by atoms with E-state index in [-0.39, 0.29) is 5.75 Å². The minimum atomic E-state index is -3.30. The maximum atomic E-state index is 12.3. The third-order valence-electron chi connectivity index (χ3n) is 4.70. The summed E-state index contributed by atoms with van der Waals surface area (Å²) in [6.45, 7) is 3.38. The number of nitrogens with one attached hydrogen (secondary N) is 1. The van der Waals surface area contributed by atoms with Gasteiger partial charge < -0.3 is 4.90 Å². The lowest BCUT2D eigenvalue weighted by Crippen LogP contribution is -2.40. The van der Waals surface area contributed by atoms with E-state index in [0.717, 1.165) is 43.2 Å². The van der Waals surface area contributed by atoms with Crippen LogP contribution >= 0.6 is 11.3 Å². The summed E-state index contributed by atoms with van der Waals surface area (Å²) < 4.78 is 27.5. The summed E-state index contributed by atoms with van der Waals surface area (Å²) >= 11 is 1.72. The van der Waals surface area contributed by atoms with Gasteiger partial charge in [-0.15, -0.1) is 11.3 Å². The highest BCUT2D eigenvalue weighted by molar-refractivity contribution is 7.88. The van der Waals surface area contributed by atoms with Gasteiger partial charge in [0.2, 0.25) is 10.0 Å². The Balaban J connectivity index is 1.49. The molecule has 2 aromatic rings. The van der Waals surface area contributed by atoms with Crippen LogP contribution in [0.2, 0.25) is 0 Å². The number of hydrogen-bond acceptors (Lipinski definition) is 6. The van der Waals surface area contributed by atoms with Crippen molar-refractivity contribution in [2.24, 2.45) is 5.92 Å². The molecule has 6 nitrogen and oxygen atoms in total. The standard InChI is InChI=1S/C19H28N4O2S2/c1-22(2)19-20-12-18(26-19)14-23-10-6-9-17(13-23)11-21-27(24,25)15-16-7-4-3-5-8-16/h3-5,7-8,12,17,21H,6,9-11,13-15H2,1-2H3/t17-/m1/s1. The van der Waals surface area contributed by atoms with Gasteiger partial charge in [-0.05, 0) is 30.9 Å². The Bertz CT molecular complexity index is 821. The summed E-state index contributed by atoms with van der Waals surface area (Å²) in [4.78, 5) is 10.1. The lowest BCUT2D eigenvalue weighted by atomic mass is 9.98. The Hall–Kier alpha value is -1.48. The molecule has 1 aromatic carbocycles. The van der Waals surface area contributed by atoms with Gasteiger partial charge in [-0.2, -0.15) is 0 Å². The average molecular weight is 409 g/mol. The molecule has 3 rings (SSSR count). The van der Waals surface area contributed by atoms with E-state index < -0.39 is 10.0 Å². The van der Waals surface area contributed by atoms with Crippen LogP contribution in [-0.4, -0.2) is 52.0 Å². The first-order chi connectivity index (χ1) is 12.9. The first-order valence-electron chi connectivity index (χ1n) is 9.27. The summed E-state index contributed by atoms with van der Waals surface area (Å²) in [5, 5.41) is 1.02. The van der Waals surface area contributed by atoms with Crippen LogP contribution in [-0.2, 0) is 22.3 Å². The second-order valence-corrected chi connectivity index (χ2v) is 10.2. The molecule has 148 valence electrons. The van der Waals surface area contributed by atoms with Crippen LogP contribution in [0.5, 0.6) is 0 Å². The van der Waals surface area contributed by atoms with Gasteiger partial charge in [-0.1, -0.05) is 30.3 Å². The Morgan fingerprint density at radius 2 is 2.07 bits per heavy atom. The van der Waals surface area contributed by atoms with Crippen molar-refractivity contribution in [2.45, 2.75) is 25.1 Å². The zero-order valence-electron chi connectivity index (χ0n) is 16.0. The molecule has 0 radical (unpaired) electrons. The Morgan fingerprint density at radius 1 is 1.30 bits per heavy atom. The van der Waals surface area contributed by atoms with Gasteiger partial charge in [0, 0.05) is 44.8 Å². The van der Waals surface area contributed by atoms with Crippen LogP contribution in [0, 0.1) is 5.92 Å². The van der Waals surface area contributed by atoms with Crippen LogP contribution < -0.4 is 9.62 Å². The van der Waals surface area contributed by atoms with Crippen molar-refractivity contribution in [2.75, 3.05) is 38.6 Å². The van der Waals surface area contributed by atoms with Crippen LogP contribution in [0.25, 0.3) is 0 Å². The molecule has 1 N–H and O–H groups in total. The summed E-state index contributed by atoms with van der Waals surface area (Å²) in [5.74, 6) is 0.392. The van der Waals surface area contributed by atoms with E-state index >= 15 is 0 Å². The van der Waals surface area contributed by atoms with Gasteiger partial charge >= 0.3 is 0 Å². The van der Waals surface area contributed by atoms with Crippen molar-refractivity contribution < 1.29 is 8.42 Å². The maximum absolute atomic E-state index is 12.3. The minimum Gasteiger partial charge on any atom is -0.354 e. The SMILES string of the molecule is CN(C)c1ncc(CN2CCC[C@H](CNS(=O)(=O)Cc3ccccc3)C2)s1. The van der Waals surface area contributed by atoms with E-state index in [9.17, 15) is 8.42 Å². The molecule has 1 aliphatic rings. The number of anilines is 1. The fraction of sp³-hybridized carbons (Fsp3) is 0.526. The van der Waals surface area contributed by atoms with E-state index in [1.54, 1.807) is 11.3 Å². The van der Waals surface area contributed by atoms with E-state index in [1.165, 1.54) is 4.88 Å². The molecule has 27 heavy (non-hydrogen) atoms. The highest BCUT2D eigenvalue weighted by Gasteiger charge is 2.22. The van der Waals surface area contributed by atoms with Crippen LogP contribution in [0.1, 0.15) is 23.3 Å². The van der Waals surface area contributed by atoms with Crippen LogP contribution in [0.4, 0.5) is 5.13 Å². The first-order valence-corrected chi connectivity index (χ1v) is 11.7. The second-order valence-electron chi connectivity index (χ2n) is 7.34. The number of rotatable bonds is 8. The summed E-state index contributed by atoms with van der Waals surface area (Å²) in [6, 6.07) is 9.32. The Kier molecular flexibility index (Phi) is 6.86. The molecule has 1 saturated heterocycles. The number of hydrogen-bond donors (Lipinski definition) is 1. The number of benzene rings is 1. The quantitative estimate of drug-likeness (QED) is 0.727. The van der Waals surface area contributed by atoms with Gasteiger partial charge in [0.05, 0.1) is 5.75 Å². The normalized spacial score (nSPS) is 18.5. The molecular formula is C19H28N4O2S2. The number of piperidine rings is 1. The Labute approximate surface area is 166 Å². The molecule has 0 bridgehead atoms. The number of nitrogens with zero attached hydrogens (tertiary/aromatic N) is 3. The minimum absolute atomic E-state index is 0.0401. The fourth-order valence-corrected chi connectivity index (χ4v) is 5.45. The van der Waals surface area contributed by atoms with E-state index in [1.807, 2.05) is 55.5 Å². The molecule has 8 heteroatoms. The zero-order valence-corrected chi connectivity index (χ0v) is 17.6. The molecule has 1 atom stereocenters. The number of likely N-dealkylation sites (tertiary alicyclic amines) is 1. The summed E-state index contributed by atoms with van der Waals surface area (Å²) in [6.07, 6.45) is 4.12. The third kappa shape index (κ3) is 6.27. The molecule has 0 amide bonds. The highest BCUT2D eigenvalue weighted by atomic mass is 32.2. The highest BCUT2D eigenvalue weighted by Crippen LogP contribution is 2.24. The summed E-state index contributed by atoms with van der Waals surface area (Å²) in [7, 11) is 0.704. The van der Waals surface area contributed by atoms with E-state index in [0.29, 0.717) is 12.5 Å². The van der Waals surface area contributed by atoms with Crippen molar-refractivity contribution in [3.63, 3.8) is 0 Å². The number of aromatic nitrogens is 1. The molecular weight excluding hydrogens is 380 g/mol. The van der Waals surface area contributed by atoms with Crippen LogP contribution in [0.15, 0.2) is 36.5 Å². The van der Waals surface area contributed by atoms with Gasteiger partial charge in [-0.3, -0.25) is 4.90 Å². The van der Waals surface area contributed by atoms with Gasteiger partial charge in [-0.25, -0.2) is 18.1 Å². The van der Waals surface area contributed by atoms with Crippen molar-refractivity contribution in [1.29, 1.82) is 0 Å². The molecule has 1 aromatic heterocycles. The monoisotopic (exact) mass is 408 g/mol. The molecule has 2 heterocycles. The molecule has 0 saturated carbocycles. The predicted molar refractivity (Wildman–Crippen MR) is 112 cm³/mol. The smallest absolute Gasteiger partial charge is 0.215 e. The van der Waals surface area contributed by atoms with Crippen molar-refractivity contribution in [3.8, 4) is 0 Å². The zero-order chi connectivity index (χ0) is 19.3. The van der Waals surface area contributed by atoms with Gasteiger partial charge in [0.1, 0.15) is 0 Å². The molecule has 0 unspecified atom stereocenters. The summed E-state index contributed by atoms with van der Waals surface area (Å²) in [5.41, 5.74) is 0.817. The molecule has 0 aliphatic carbocycles. The molecule has 1 aliphatic heterocycles. The predicted octanol–water partition coefficient (Wildman–Crippen LogP) is 2.54. The first kappa shape index (κ1) is 20.3. The lowest BCUT2D eigenvalue weighted by molar-refractivity contribution is 0.170.